The number of aromatic carboxylic acids is 1. The van der Waals surface area contributed by atoms with Gasteiger partial charge in [0.05, 0.1) is 12.8 Å². The minimum atomic E-state index is -1.39. The lowest BCUT2D eigenvalue weighted by molar-refractivity contribution is 0.0688. The van der Waals surface area contributed by atoms with Crippen molar-refractivity contribution in [2.24, 2.45) is 0 Å². The molecule has 0 spiro atoms. The maximum atomic E-state index is 13.3. The Morgan fingerprint density at radius 3 is 2.64 bits per heavy atom. The highest BCUT2D eigenvalue weighted by molar-refractivity contribution is 5.93. The van der Waals surface area contributed by atoms with Crippen molar-refractivity contribution in [3.8, 4) is 5.75 Å². The molecule has 0 radical (unpaired) electrons. The highest BCUT2D eigenvalue weighted by Gasteiger charge is 2.21. The third-order valence-electron chi connectivity index (χ3n) is 1.85. The second-order valence-corrected chi connectivity index (χ2v) is 2.81. The van der Waals surface area contributed by atoms with Gasteiger partial charge in [0.25, 0.3) is 0 Å². The van der Waals surface area contributed by atoms with Crippen LogP contribution in [0.1, 0.15) is 15.9 Å². The van der Waals surface area contributed by atoms with Crippen LogP contribution in [0.2, 0.25) is 0 Å². The smallest absolute Gasteiger partial charge is 0.342 e. The van der Waals surface area contributed by atoms with Gasteiger partial charge < -0.3 is 15.6 Å². The Hall–Kier alpha value is -1.78. The van der Waals surface area contributed by atoms with Crippen LogP contribution in [0.5, 0.6) is 5.75 Å². The van der Waals surface area contributed by atoms with Gasteiger partial charge in [-0.3, -0.25) is 0 Å². The average Bonchev–Trinajstić information content (AvgIpc) is 2.10. The van der Waals surface area contributed by atoms with Crippen molar-refractivity contribution < 1.29 is 19.0 Å². The van der Waals surface area contributed by atoms with Crippen molar-refractivity contribution in [1.82, 2.24) is 0 Å². The number of hydrogen-bond donors (Lipinski definition) is 2. The number of rotatable bonds is 2. The van der Waals surface area contributed by atoms with Crippen molar-refractivity contribution in [2.75, 3.05) is 12.8 Å². The van der Waals surface area contributed by atoms with E-state index < -0.39 is 17.3 Å². The van der Waals surface area contributed by atoms with E-state index in [1.807, 2.05) is 0 Å². The standard InChI is InChI=1S/C9H10FNO3/c1-4-3-5(11)7(10)6(9(12)13)8(4)14-2/h3H,11H2,1-2H3,(H,12,13). The summed E-state index contributed by atoms with van der Waals surface area (Å²) in [5.41, 5.74) is 5.06. The van der Waals surface area contributed by atoms with Gasteiger partial charge in [-0.25, -0.2) is 9.18 Å². The molecule has 0 saturated heterocycles. The summed E-state index contributed by atoms with van der Waals surface area (Å²) in [6.45, 7) is 1.60. The van der Waals surface area contributed by atoms with Gasteiger partial charge in [0, 0.05) is 0 Å². The SMILES string of the molecule is COc1c(C)cc(N)c(F)c1C(=O)O. The zero-order valence-electron chi connectivity index (χ0n) is 7.80. The molecule has 14 heavy (non-hydrogen) atoms. The van der Waals surface area contributed by atoms with Crippen LogP contribution in [0, 0.1) is 12.7 Å². The van der Waals surface area contributed by atoms with Gasteiger partial charge >= 0.3 is 5.97 Å². The molecule has 0 saturated carbocycles. The largest absolute Gasteiger partial charge is 0.495 e. The van der Waals surface area contributed by atoms with Crippen LogP contribution >= 0.6 is 0 Å². The normalized spacial score (nSPS) is 9.93. The predicted molar refractivity (Wildman–Crippen MR) is 49.1 cm³/mol. The molecule has 0 aliphatic heterocycles. The number of methoxy groups -OCH3 is 1. The molecule has 1 aromatic carbocycles. The van der Waals surface area contributed by atoms with Crippen LogP contribution in [-0.4, -0.2) is 18.2 Å². The van der Waals surface area contributed by atoms with Gasteiger partial charge in [0.15, 0.2) is 5.82 Å². The van der Waals surface area contributed by atoms with Gasteiger partial charge in [0.2, 0.25) is 0 Å². The van der Waals surface area contributed by atoms with E-state index in [4.69, 9.17) is 15.6 Å². The Bertz CT molecular complexity index is 390. The highest BCUT2D eigenvalue weighted by atomic mass is 19.1. The van der Waals surface area contributed by atoms with E-state index in [2.05, 4.69) is 0 Å². The summed E-state index contributed by atoms with van der Waals surface area (Å²) in [6.07, 6.45) is 0. The highest BCUT2D eigenvalue weighted by Crippen LogP contribution is 2.29. The predicted octanol–water partition coefficient (Wildman–Crippen LogP) is 1.42. The number of carboxylic acid groups (broad SMARTS) is 1. The Labute approximate surface area is 80.1 Å². The van der Waals surface area contributed by atoms with Crippen LogP contribution in [0.3, 0.4) is 0 Å². The molecule has 1 aromatic rings. The fourth-order valence-electron chi connectivity index (χ4n) is 1.26. The summed E-state index contributed by atoms with van der Waals surface area (Å²) < 4.78 is 18.1. The number of carbonyl (C=O) groups is 1. The lowest BCUT2D eigenvalue weighted by Crippen LogP contribution is -2.08. The summed E-state index contributed by atoms with van der Waals surface area (Å²) in [5, 5.41) is 8.75. The topological polar surface area (TPSA) is 72.5 Å². The number of aryl methyl sites for hydroxylation is 1. The van der Waals surface area contributed by atoms with Crippen LogP contribution in [0.25, 0.3) is 0 Å². The van der Waals surface area contributed by atoms with Gasteiger partial charge in [0.1, 0.15) is 11.3 Å². The minimum absolute atomic E-state index is 0.00389. The molecule has 0 fully saturated rings. The lowest BCUT2D eigenvalue weighted by Gasteiger charge is -2.10. The monoisotopic (exact) mass is 199 g/mol. The van der Waals surface area contributed by atoms with Crippen LogP contribution < -0.4 is 10.5 Å². The maximum absolute atomic E-state index is 13.3. The van der Waals surface area contributed by atoms with Crippen molar-refractivity contribution in [1.29, 1.82) is 0 Å². The molecule has 5 heteroatoms. The molecule has 76 valence electrons. The first-order valence-electron chi connectivity index (χ1n) is 3.85. The Morgan fingerprint density at radius 2 is 2.21 bits per heavy atom. The summed E-state index contributed by atoms with van der Waals surface area (Å²) in [5.74, 6) is -2.35. The summed E-state index contributed by atoms with van der Waals surface area (Å²) in [7, 11) is 1.28. The molecule has 0 aliphatic carbocycles. The third-order valence-corrected chi connectivity index (χ3v) is 1.85. The molecule has 0 amide bonds. The number of benzene rings is 1. The molecule has 0 unspecified atom stereocenters. The average molecular weight is 199 g/mol. The number of carboxylic acids is 1. The van der Waals surface area contributed by atoms with E-state index in [1.165, 1.54) is 13.2 Å². The van der Waals surface area contributed by atoms with Crippen molar-refractivity contribution in [3.05, 3.63) is 23.0 Å². The van der Waals surface area contributed by atoms with Crippen LogP contribution in [-0.2, 0) is 0 Å². The van der Waals surface area contributed by atoms with Crippen molar-refractivity contribution in [2.45, 2.75) is 6.92 Å². The molecule has 4 nitrogen and oxygen atoms in total. The fourth-order valence-corrected chi connectivity index (χ4v) is 1.26. The van der Waals surface area contributed by atoms with Crippen molar-refractivity contribution in [3.63, 3.8) is 0 Å². The molecule has 1 rings (SSSR count). The first-order chi connectivity index (χ1) is 6.49. The quantitative estimate of drug-likeness (QED) is 0.706. The Balaban J connectivity index is 3.56. The van der Waals surface area contributed by atoms with Gasteiger partial charge in [-0.2, -0.15) is 0 Å². The third kappa shape index (κ3) is 1.48. The molecule has 0 heterocycles. The van der Waals surface area contributed by atoms with Gasteiger partial charge in [-0.1, -0.05) is 0 Å². The van der Waals surface area contributed by atoms with E-state index in [0.29, 0.717) is 5.56 Å². The molecule has 3 N–H and O–H groups in total. The second kappa shape index (κ2) is 3.53. The first-order valence-corrected chi connectivity index (χ1v) is 3.85. The Morgan fingerprint density at radius 1 is 1.64 bits per heavy atom. The van der Waals surface area contributed by atoms with Gasteiger partial charge in [-0.15, -0.1) is 0 Å². The van der Waals surface area contributed by atoms with E-state index in [0.717, 1.165) is 0 Å². The summed E-state index contributed by atoms with van der Waals surface area (Å²) >= 11 is 0. The van der Waals surface area contributed by atoms with Crippen LogP contribution in [0.4, 0.5) is 10.1 Å². The van der Waals surface area contributed by atoms with Gasteiger partial charge in [-0.05, 0) is 18.6 Å². The second-order valence-electron chi connectivity index (χ2n) is 2.81. The number of hydrogen-bond acceptors (Lipinski definition) is 3. The zero-order chi connectivity index (χ0) is 10.9. The number of anilines is 1. The number of halogens is 1. The van der Waals surface area contributed by atoms with E-state index in [-0.39, 0.29) is 11.4 Å². The molecule has 0 bridgehead atoms. The molecule has 0 aromatic heterocycles. The van der Waals surface area contributed by atoms with E-state index in [1.54, 1.807) is 6.92 Å². The van der Waals surface area contributed by atoms with E-state index in [9.17, 15) is 9.18 Å². The Kier molecular flexibility index (Phi) is 2.60. The summed E-state index contributed by atoms with van der Waals surface area (Å²) in [6, 6.07) is 1.33. The zero-order valence-corrected chi connectivity index (χ0v) is 7.80. The van der Waals surface area contributed by atoms with Crippen LogP contribution in [0.15, 0.2) is 6.07 Å². The summed E-state index contributed by atoms with van der Waals surface area (Å²) in [4.78, 5) is 10.7. The molecule has 0 atom stereocenters. The molecular weight excluding hydrogens is 189 g/mol. The fraction of sp³-hybridized carbons (Fsp3) is 0.222. The first kappa shape index (κ1) is 10.3. The number of ether oxygens (including phenoxy) is 1. The molecular formula is C9H10FNO3. The van der Waals surface area contributed by atoms with E-state index >= 15 is 0 Å². The molecule has 0 aliphatic rings. The lowest BCUT2D eigenvalue weighted by atomic mass is 10.1. The van der Waals surface area contributed by atoms with Crippen molar-refractivity contribution >= 4 is 11.7 Å². The number of nitrogen functional groups attached to an aromatic ring is 1. The minimum Gasteiger partial charge on any atom is -0.495 e. The maximum Gasteiger partial charge on any atom is 0.342 e. The number of nitrogens with two attached hydrogens (primary N) is 1.